The molecule has 0 amide bonds. The van der Waals surface area contributed by atoms with Crippen LogP contribution in [0.1, 0.15) is 0 Å². The van der Waals surface area contributed by atoms with E-state index in [4.69, 9.17) is 0 Å². The van der Waals surface area contributed by atoms with Crippen LogP contribution in [0.4, 0.5) is 0 Å². The Morgan fingerprint density at radius 2 is 1.85 bits per heavy atom. The maximum absolute atomic E-state index is 4.38. The van der Waals surface area contributed by atoms with Crippen molar-refractivity contribution in [1.29, 1.82) is 0 Å². The third-order valence-corrected chi connectivity index (χ3v) is 4.91. The van der Waals surface area contributed by atoms with Gasteiger partial charge in [0, 0.05) is 20.5 Å². The smallest absolute Gasteiger partial charge is 0.121 e. The molecule has 0 saturated heterocycles. The van der Waals surface area contributed by atoms with Crippen LogP contribution < -0.4 is 0 Å². The predicted octanol–water partition coefficient (Wildman–Crippen LogP) is 4.44. The van der Waals surface area contributed by atoms with Gasteiger partial charge in [-0.25, -0.2) is 4.68 Å². The molecule has 0 saturated carbocycles. The summed E-state index contributed by atoms with van der Waals surface area (Å²) in [5.74, 6) is 0.815. The van der Waals surface area contributed by atoms with Crippen LogP contribution in [0.3, 0.4) is 0 Å². The Morgan fingerprint density at radius 1 is 1.05 bits per heavy atom. The number of hydrogen-bond acceptors (Lipinski definition) is 3. The molecule has 98 valence electrons. The lowest BCUT2D eigenvalue weighted by Crippen LogP contribution is -2.05. The topological polar surface area (TPSA) is 30.7 Å². The van der Waals surface area contributed by atoms with Gasteiger partial charge in [-0.1, -0.05) is 51.5 Å². The van der Waals surface area contributed by atoms with Crippen molar-refractivity contribution < 1.29 is 0 Å². The van der Waals surface area contributed by atoms with Gasteiger partial charge in [-0.05, 0) is 18.2 Å². The van der Waals surface area contributed by atoms with Crippen LogP contribution in [0.2, 0.25) is 0 Å². The molecule has 20 heavy (non-hydrogen) atoms. The zero-order valence-corrected chi connectivity index (χ0v) is 12.9. The Labute approximate surface area is 129 Å². The molecule has 1 aromatic heterocycles. The van der Waals surface area contributed by atoms with Crippen molar-refractivity contribution >= 4 is 27.7 Å². The number of fused-ring (bicyclic) bond motifs is 3. The maximum Gasteiger partial charge on any atom is 0.121 e. The Kier molecular flexibility index (Phi) is 2.89. The fourth-order valence-electron chi connectivity index (χ4n) is 2.39. The van der Waals surface area contributed by atoms with Gasteiger partial charge in [0.1, 0.15) is 5.69 Å². The number of hydrogen-bond donors (Lipinski definition) is 0. The standard InChI is InChI=1S/C15H10BrN3S/c16-11-7-5-10(6-8-11)14-15-12-3-1-2-4-13(12)20-9-19(15)18-17-14/h1-8H,9H2. The number of thioether (sulfide) groups is 1. The minimum Gasteiger partial charge on any atom is -0.234 e. The number of aromatic nitrogens is 3. The molecule has 2 heterocycles. The summed E-state index contributed by atoms with van der Waals surface area (Å²) in [6.07, 6.45) is 0. The minimum atomic E-state index is 0.815. The van der Waals surface area contributed by atoms with Gasteiger partial charge in [0.25, 0.3) is 0 Å². The van der Waals surface area contributed by atoms with Gasteiger partial charge in [0.2, 0.25) is 0 Å². The fraction of sp³-hybridized carbons (Fsp3) is 0.0667. The minimum absolute atomic E-state index is 0.815. The van der Waals surface area contributed by atoms with Crippen molar-refractivity contribution in [3.8, 4) is 22.5 Å². The second kappa shape index (κ2) is 4.75. The van der Waals surface area contributed by atoms with Gasteiger partial charge in [0.05, 0.1) is 11.6 Å². The normalized spacial score (nSPS) is 12.8. The zero-order valence-electron chi connectivity index (χ0n) is 10.5. The first-order valence-electron chi connectivity index (χ1n) is 6.24. The Hall–Kier alpha value is -1.59. The van der Waals surface area contributed by atoms with Crippen molar-refractivity contribution in [3.63, 3.8) is 0 Å². The highest BCUT2D eigenvalue weighted by Gasteiger charge is 2.22. The van der Waals surface area contributed by atoms with Gasteiger partial charge < -0.3 is 0 Å². The van der Waals surface area contributed by atoms with E-state index in [-0.39, 0.29) is 0 Å². The van der Waals surface area contributed by atoms with Gasteiger partial charge in [-0.2, -0.15) is 0 Å². The Morgan fingerprint density at radius 3 is 2.70 bits per heavy atom. The molecule has 2 aromatic carbocycles. The second-order valence-electron chi connectivity index (χ2n) is 4.56. The predicted molar refractivity (Wildman–Crippen MR) is 84.5 cm³/mol. The highest BCUT2D eigenvalue weighted by Crippen LogP contribution is 2.41. The number of rotatable bonds is 1. The summed E-state index contributed by atoms with van der Waals surface area (Å²) in [6.45, 7) is 0. The average Bonchev–Trinajstić information content (AvgIpc) is 2.92. The molecular formula is C15H10BrN3S. The molecule has 5 heteroatoms. The third kappa shape index (κ3) is 1.89. The van der Waals surface area contributed by atoms with E-state index < -0.39 is 0 Å². The van der Waals surface area contributed by atoms with Crippen molar-refractivity contribution in [2.45, 2.75) is 10.8 Å². The van der Waals surface area contributed by atoms with Gasteiger partial charge in [-0.3, -0.25) is 0 Å². The van der Waals surface area contributed by atoms with E-state index in [2.05, 4.69) is 62.6 Å². The molecule has 0 aliphatic carbocycles. The molecule has 0 bridgehead atoms. The molecule has 1 aliphatic heterocycles. The molecule has 0 atom stereocenters. The molecular weight excluding hydrogens is 334 g/mol. The van der Waals surface area contributed by atoms with Crippen molar-refractivity contribution in [2.75, 3.05) is 0 Å². The van der Waals surface area contributed by atoms with E-state index in [0.717, 1.165) is 27.3 Å². The molecule has 3 nitrogen and oxygen atoms in total. The Balaban J connectivity index is 1.93. The van der Waals surface area contributed by atoms with Crippen LogP contribution in [0.15, 0.2) is 57.9 Å². The largest absolute Gasteiger partial charge is 0.234 e. The van der Waals surface area contributed by atoms with Crippen molar-refractivity contribution in [3.05, 3.63) is 53.0 Å². The fourth-order valence-corrected chi connectivity index (χ4v) is 3.59. The van der Waals surface area contributed by atoms with E-state index in [0.29, 0.717) is 0 Å². The van der Waals surface area contributed by atoms with E-state index in [1.165, 1.54) is 10.5 Å². The Bertz CT molecular complexity index is 780. The molecule has 1 aliphatic rings. The van der Waals surface area contributed by atoms with E-state index in [9.17, 15) is 0 Å². The summed E-state index contributed by atoms with van der Waals surface area (Å²) in [5.41, 5.74) is 4.37. The molecule has 0 fully saturated rings. The van der Waals surface area contributed by atoms with Crippen LogP contribution in [0, 0.1) is 0 Å². The summed E-state index contributed by atoms with van der Waals surface area (Å²) < 4.78 is 3.04. The number of nitrogens with zero attached hydrogens (tertiary/aromatic N) is 3. The number of halogens is 1. The van der Waals surface area contributed by atoms with Crippen molar-refractivity contribution in [1.82, 2.24) is 15.0 Å². The SMILES string of the molecule is Brc1ccc(-c2nnn3c2-c2ccccc2SC3)cc1. The lowest BCUT2D eigenvalue weighted by molar-refractivity contribution is 0.702. The second-order valence-corrected chi connectivity index (χ2v) is 6.47. The lowest BCUT2D eigenvalue weighted by Gasteiger charge is -2.17. The summed E-state index contributed by atoms with van der Waals surface area (Å²) in [4.78, 5) is 1.29. The summed E-state index contributed by atoms with van der Waals surface area (Å²) in [7, 11) is 0. The van der Waals surface area contributed by atoms with Gasteiger partial charge >= 0.3 is 0 Å². The quantitative estimate of drug-likeness (QED) is 0.654. The molecule has 0 radical (unpaired) electrons. The van der Waals surface area contributed by atoms with Crippen molar-refractivity contribution in [2.24, 2.45) is 0 Å². The van der Waals surface area contributed by atoms with Crippen LogP contribution in [-0.4, -0.2) is 15.0 Å². The third-order valence-electron chi connectivity index (χ3n) is 3.34. The molecule has 0 N–H and O–H groups in total. The highest BCUT2D eigenvalue weighted by atomic mass is 79.9. The summed E-state index contributed by atoms with van der Waals surface area (Å²) in [6, 6.07) is 16.6. The van der Waals surface area contributed by atoms with E-state index >= 15 is 0 Å². The first-order chi connectivity index (χ1) is 9.83. The molecule has 3 aromatic rings. The lowest BCUT2D eigenvalue weighted by atomic mass is 10.0. The molecule has 0 unspecified atom stereocenters. The summed E-state index contributed by atoms with van der Waals surface area (Å²) in [5, 5.41) is 8.67. The van der Waals surface area contributed by atoms with Crippen LogP contribution >= 0.6 is 27.7 Å². The monoisotopic (exact) mass is 343 g/mol. The van der Waals surface area contributed by atoms with Gasteiger partial charge in [-0.15, -0.1) is 16.9 Å². The van der Waals surface area contributed by atoms with Crippen LogP contribution in [0.25, 0.3) is 22.5 Å². The number of benzene rings is 2. The van der Waals surface area contributed by atoms with Crippen LogP contribution in [-0.2, 0) is 5.88 Å². The summed E-state index contributed by atoms with van der Waals surface area (Å²) >= 11 is 5.26. The van der Waals surface area contributed by atoms with Gasteiger partial charge in [0.15, 0.2) is 0 Å². The average molecular weight is 344 g/mol. The first-order valence-corrected chi connectivity index (χ1v) is 8.02. The molecule has 0 spiro atoms. The van der Waals surface area contributed by atoms with Crippen LogP contribution in [0.5, 0.6) is 0 Å². The first kappa shape index (κ1) is 12.2. The van der Waals surface area contributed by atoms with E-state index in [1.807, 2.05) is 16.8 Å². The molecule has 4 rings (SSSR count). The maximum atomic E-state index is 4.38. The van der Waals surface area contributed by atoms with E-state index in [1.54, 1.807) is 11.8 Å². The zero-order chi connectivity index (χ0) is 13.5. The highest BCUT2D eigenvalue weighted by molar-refractivity contribution is 9.10.